The zero-order chi connectivity index (χ0) is 8.10. The molecular formula is C7H16N2OS. The monoisotopic (exact) mass is 176 g/mol. The highest BCUT2D eigenvalue weighted by molar-refractivity contribution is 7.84. The summed E-state index contributed by atoms with van der Waals surface area (Å²) in [6.07, 6.45) is 2.78. The van der Waals surface area contributed by atoms with Crippen LogP contribution in [0.4, 0.5) is 0 Å². The summed E-state index contributed by atoms with van der Waals surface area (Å²) >= 11 is 0. The number of hydrogen-bond acceptors (Lipinski definition) is 3. The largest absolute Gasteiger partial charge is 0.314 e. The second kappa shape index (κ2) is 4.85. The zero-order valence-electron chi connectivity index (χ0n) is 6.93. The van der Waals surface area contributed by atoms with Crippen LogP contribution in [0.15, 0.2) is 0 Å². The second-order valence-corrected chi connectivity index (χ2v) is 4.49. The molecule has 1 atom stereocenters. The molecule has 0 aliphatic carbocycles. The van der Waals surface area contributed by atoms with Crippen molar-refractivity contribution in [1.82, 2.24) is 10.6 Å². The van der Waals surface area contributed by atoms with Crippen LogP contribution in [0.3, 0.4) is 0 Å². The van der Waals surface area contributed by atoms with Crippen molar-refractivity contribution in [2.24, 2.45) is 0 Å². The molecule has 4 heteroatoms. The van der Waals surface area contributed by atoms with Crippen LogP contribution in [0, 0.1) is 0 Å². The summed E-state index contributed by atoms with van der Waals surface area (Å²) in [5.41, 5.74) is 0. The maximum atomic E-state index is 10.6. The SMILES string of the molecule is CS(=O)CCCNC1CNC1. The molecule has 0 amide bonds. The van der Waals surface area contributed by atoms with E-state index in [0.717, 1.165) is 31.8 Å². The lowest BCUT2D eigenvalue weighted by Gasteiger charge is -2.28. The first-order chi connectivity index (χ1) is 5.29. The molecule has 0 aromatic carbocycles. The van der Waals surface area contributed by atoms with Crippen LogP contribution in [0.1, 0.15) is 6.42 Å². The third kappa shape index (κ3) is 3.84. The van der Waals surface area contributed by atoms with Gasteiger partial charge in [0.25, 0.3) is 0 Å². The Morgan fingerprint density at radius 1 is 1.64 bits per heavy atom. The van der Waals surface area contributed by atoms with Gasteiger partial charge in [-0.3, -0.25) is 4.21 Å². The van der Waals surface area contributed by atoms with Crippen LogP contribution in [0.5, 0.6) is 0 Å². The van der Waals surface area contributed by atoms with E-state index in [9.17, 15) is 4.21 Å². The molecule has 3 nitrogen and oxygen atoms in total. The van der Waals surface area contributed by atoms with Gasteiger partial charge in [-0.25, -0.2) is 0 Å². The molecule has 0 aromatic rings. The van der Waals surface area contributed by atoms with E-state index < -0.39 is 10.8 Å². The van der Waals surface area contributed by atoms with E-state index in [4.69, 9.17) is 0 Å². The minimum atomic E-state index is -0.620. The molecule has 1 aliphatic heterocycles. The van der Waals surface area contributed by atoms with Gasteiger partial charge in [0, 0.05) is 41.9 Å². The lowest BCUT2D eigenvalue weighted by molar-refractivity contribution is 0.368. The van der Waals surface area contributed by atoms with Gasteiger partial charge in [-0.2, -0.15) is 0 Å². The van der Waals surface area contributed by atoms with Gasteiger partial charge in [-0.15, -0.1) is 0 Å². The topological polar surface area (TPSA) is 41.1 Å². The zero-order valence-corrected chi connectivity index (χ0v) is 7.75. The van der Waals surface area contributed by atoms with E-state index in [2.05, 4.69) is 10.6 Å². The Labute approximate surface area is 70.4 Å². The Bertz CT molecular complexity index is 136. The molecule has 66 valence electrons. The lowest BCUT2D eigenvalue weighted by atomic mass is 10.2. The third-order valence-corrected chi connectivity index (χ3v) is 2.69. The summed E-state index contributed by atoms with van der Waals surface area (Å²) in [5.74, 6) is 0.827. The van der Waals surface area contributed by atoms with Crippen LogP contribution < -0.4 is 10.6 Å². The van der Waals surface area contributed by atoms with Gasteiger partial charge in [0.05, 0.1) is 0 Å². The first-order valence-electron chi connectivity index (χ1n) is 4.03. The first-order valence-corrected chi connectivity index (χ1v) is 5.76. The highest BCUT2D eigenvalue weighted by atomic mass is 32.2. The average molecular weight is 176 g/mol. The van der Waals surface area contributed by atoms with Crippen molar-refractivity contribution in [3.05, 3.63) is 0 Å². The van der Waals surface area contributed by atoms with Crippen LogP contribution in [0.25, 0.3) is 0 Å². The van der Waals surface area contributed by atoms with E-state index in [1.807, 2.05) is 0 Å². The molecule has 2 N–H and O–H groups in total. The van der Waals surface area contributed by atoms with Gasteiger partial charge in [0.15, 0.2) is 0 Å². The molecule has 0 aromatic heterocycles. The van der Waals surface area contributed by atoms with Crippen molar-refractivity contribution < 1.29 is 4.21 Å². The van der Waals surface area contributed by atoms with Crippen molar-refractivity contribution in [3.8, 4) is 0 Å². The van der Waals surface area contributed by atoms with Gasteiger partial charge in [0.1, 0.15) is 0 Å². The number of rotatable bonds is 5. The molecule has 0 bridgehead atoms. The fourth-order valence-corrected chi connectivity index (χ4v) is 1.57. The summed E-state index contributed by atoms with van der Waals surface area (Å²) in [6.45, 7) is 3.19. The standard InChI is InChI=1S/C7H16N2OS/c1-11(10)4-2-3-9-7-5-8-6-7/h7-9H,2-6H2,1H3. The van der Waals surface area contributed by atoms with Crippen LogP contribution >= 0.6 is 0 Å². The van der Waals surface area contributed by atoms with Crippen LogP contribution in [-0.4, -0.2) is 41.9 Å². The Morgan fingerprint density at radius 2 is 2.36 bits per heavy atom. The summed E-state index contributed by atoms with van der Waals surface area (Å²) in [6, 6.07) is 0.667. The number of nitrogens with one attached hydrogen (secondary N) is 2. The second-order valence-electron chi connectivity index (χ2n) is 2.94. The molecule has 0 spiro atoms. The summed E-state index contributed by atoms with van der Waals surface area (Å²) < 4.78 is 10.6. The molecule has 1 rings (SSSR count). The van der Waals surface area contributed by atoms with Crippen molar-refractivity contribution in [2.75, 3.05) is 31.6 Å². The highest BCUT2D eigenvalue weighted by Gasteiger charge is 2.14. The molecule has 1 fully saturated rings. The van der Waals surface area contributed by atoms with Gasteiger partial charge >= 0.3 is 0 Å². The molecule has 0 saturated carbocycles. The van der Waals surface area contributed by atoms with Crippen molar-refractivity contribution in [1.29, 1.82) is 0 Å². The maximum absolute atomic E-state index is 10.6. The van der Waals surface area contributed by atoms with E-state index >= 15 is 0 Å². The average Bonchev–Trinajstić information content (AvgIpc) is 1.82. The third-order valence-electron chi connectivity index (χ3n) is 1.82. The highest BCUT2D eigenvalue weighted by Crippen LogP contribution is 1.90. The van der Waals surface area contributed by atoms with E-state index in [1.54, 1.807) is 6.26 Å². The maximum Gasteiger partial charge on any atom is 0.0317 e. The van der Waals surface area contributed by atoms with Gasteiger partial charge in [-0.05, 0) is 13.0 Å². The fourth-order valence-electron chi connectivity index (χ4n) is 1.01. The summed E-state index contributed by atoms with van der Waals surface area (Å²) in [7, 11) is -0.620. The molecule has 1 aliphatic rings. The van der Waals surface area contributed by atoms with E-state index in [-0.39, 0.29) is 0 Å². The molecule has 1 heterocycles. The Hall–Kier alpha value is 0.0700. The van der Waals surface area contributed by atoms with Gasteiger partial charge in [-0.1, -0.05) is 0 Å². The predicted octanol–water partition coefficient (Wildman–Crippen LogP) is -0.684. The fraction of sp³-hybridized carbons (Fsp3) is 1.00. The molecule has 0 radical (unpaired) electrons. The van der Waals surface area contributed by atoms with E-state index in [1.165, 1.54) is 0 Å². The van der Waals surface area contributed by atoms with Crippen LogP contribution in [-0.2, 0) is 10.8 Å². The molecule has 11 heavy (non-hydrogen) atoms. The number of hydrogen-bond donors (Lipinski definition) is 2. The molecule has 1 saturated heterocycles. The Morgan fingerprint density at radius 3 is 2.82 bits per heavy atom. The van der Waals surface area contributed by atoms with Crippen molar-refractivity contribution in [2.45, 2.75) is 12.5 Å². The van der Waals surface area contributed by atoms with Gasteiger partial charge < -0.3 is 10.6 Å². The smallest absolute Gasteiger partial charge is 0.0317 e. The van der Waals surface area contributed by atoms with Gasteiger partial charge in [0.2, 0.25) is 0 Å². The molecule has 1 unspecified atom stereocenters. The van der Waals surface area contributed by atoms with E-state index in [0.29, 0.717) is 6.04 Å². The molecular weight excluding hydrogens is 160 g/mol. The first kappa shape index (κ1) is 9.16. The Kier molecular flexibility index (Phi) is 4.04. The summed E-state index contributed by atoms with van der Waals surface area (Å²) in [4.78, 5) is 0. The quantitative estimate of drug-likeness (QED) is 0.545. The predicted molar refractivity (Wildman–Crippen MR) is 48.2 cm³/mol. The minimum absolute atomic E-state index is 0.620. The van der Waals surface area contributed by atoms with Crippen LogP contribution in [0.2, 0.25) is 0 Å². The lowest BCUT2D eigenvalue weighted by Crippen LogP contribution is -2.55. The summed E-state index contributed by atoms with van der Waals surface area (Å²) in [5, 5.41) is 6.57. The van der Waals surface area contributed by atoms with Crippen molar-refractivity contribution in [3.63, 3.8) is 0 Å². The van der Waals surface area contributed by atoms with Crippen molar-refractivity contribution >= 4 is 10.8 Å². The Balaban J connectivity index is 1.83. The normalized spacial score (nSPS) is 21.2. The minimum Gasteiger partial charge on any atom is -0.314 e.